The number of hydrogen-bond acceptors (Lipinski definition) is 6. The number of rotatable bonds is 8. The average Bonchev–Trinajstić information content (AvgIpc) is 2.43. The van der Waals surface area contributed by atoms with Gasteiger partial charge in [0.15, 0.2) is 5.78 Å². The van der Waals surface area contributed by atoms with Crippen molar-refractivity contribution < 1.29 is 14.3 Å². The van der Waals surface area contributed by atoms with Crippen LogP contribution < -0.4 is 14.8 Å². The first-order valence-electron chi connectivity index (χ1n) is 7.28. The van der Waals surface area contributed by atoms with Gasteiger partial charge in [-0.1, -0.05) is 6.92 Å². The van der Waals surface area contributed by atoms with Crippen LogP contribution in [0.25, 0.3) is 0 Å². The minimum absolute atomic E-state index is 0.0711. The Morgan fingerprint density at radius 2 is 2.29 bits per heavy atom. The number of pyridine rings is 1. The van der Waals surface area contributed by atoms with Gasteiger partial charge in [0.25, 0.3) is 0 Å². The molecule has 1 aliphatic rings. The SMILES string of the molecule is CCC(=O)COc1ccc(O[C@H]2C[C@H](NC(C)S)C2)nc1. The van der Waals surface area contributed by atoms with Crippen LogP contribution in [0.15, 0.2) is 18.3 Å². The van der Waals surface area contributed by atoms with Crippen LogP contribution in [0.5, 0.6) is 11.6 Å². The molecule has 1 atom stereocenters. The van der Waals surface area contributed by atoms with E-state index in [1.165, 1.54) is 0 Å². The van der Waals surface area contributed by atoms with Crippen LogP contribution >= 0.6 is 12.6 Å². The van der Waals surface area contributed by atoms with Gasteiger partial charge in [-0.2, -0.15) is 12.6 Å². The molecule has 1 aromatic heterocycles. The van der Waals surface area contributed by atoms with Gasteiger partial charge in [-0.05, 0) is 25.8 Å². The Balaban J connectivity index is 1.72. The second-order valence-corrected chi connectivity index (χ2v) is 6.04. The lowest BCUT2D eigenvalue weighted by atomic mass is 9.89. The normalized spacial score (nSPS) is 22.2. The summed E-state index contributed by atoms with van der Waals surface area (Å²) in [6.45, 7) is 3.92. The van der Waals surface area contributed by atoms with Crippen LogP contribution in [0.3, 0.4) is 0 Å². The summed E-state index contributed by atoms with van der Waals surface area (Å²) in [6.07, 6.45) is 4.21. The third-order valence-electron chi connectivity index (χ3n) is 3.36. The molecule has 0 spiro atoms. The molecule has 0 aliphatic heterocycles. The number of nitrogens with zero attached hydrogens (tertiary/aromatic N) is 1. The van der Waals surface area contributed by atoms with E-state index in [9.17, 15) is 4.79 Å². The van der Waals surface area contributed by atoms with E-state index < -0.39 is 0 Å². The van der Waals surface area contributed by atoms with Crippen LogP contribution in [0.4, 0.5) is 0 Å². The zero-order chi connectivity index (χ0) is 15.2. The van der Waals surface area contributed by atoms with Crippen molar-refractivity contribution in [3.05, 3.63) is 18.3 Å². The maximum absolute atomic E-state index is 11.2. The van der Waals surface area contributed by atoms with E-state index in [0.29, 0.717) is 24.1 Å². The largest absolute Gasteiger partial charge is 0.484 e. The lowest BCUT2D eigenvalue weighted by Crippen LogP contribution is -2.48. The molecule has 0 amide bonds. The molecule has 0 aromatic carbocycles. The molecule has 2 rings (SSSR count). The van der Waals surface area contributed by atoms with Crippen LogP contribution in [0.1, 0.15) is 33.1 Å². The first kappa shape index (κ1) is 16.1. The first-order valence-corrected chi connectivity index (χ1v) is 7.79. The maximum atomic E-state index is 11.2. The minimum Gasteiger partial charge on any atom is -0.484 e. The van der Waals surface area contributed by atoms with Crippen molar-refractivity contribution >= 4 is 18.4 Å². The molecule has 1 fully saturated rings. The summed E-state index contributed by atoms with van der Waals surface area (Å²) in [5.41, 5.74) is 0. The van der Waals surface area contributed by atoms with E-state index in [4.69, 9.17) is 9.47 Å². The topological polar surface area (TPSA) is 60.5 Å². The predicted molar refractivity (Wildman–Crippen MR) is 84.1 cm³/mol. The fourth-order valence-electron chi connectivity index (χ4n) is 2.10. The highest BCUT2D eigenvalue weighted by Gasteiger charge is 2.31. The summed E-state index contributed by atoms with van der Waals surface area (Å²) in [5.74, 6) is 1.24. The summed E-state index contributed by atoms with van der Waals surface area (Å²) >= 11 is 4.30. The average molecular weight is 310 g/mol. The van der Waals surface area contributed by atoms with Crippen LogP contribution in [-0.2, 0) is 4.79 Å². The molecule has 1 saturated carbocycles. The van der Waals surface area contributed by atoms with Gasteiger partial charge >= 0.3 is 0 Å². The van der Waals surface area contributed by atoms with Crippen molar-refractivity contribution in [2.75, 3.05) is 6.61 Å². The second-order valence-electron chi connectivity index (χ2n) is 5.26. The number of ether oxygens (including phenoxy) is 2. The van der Waals surface area contributed by atoms with Gasteiger partial charge in [0.2, 0.25) is 5.88 Å². The van der Waals surface area contributed by atoms with Gasteiger partial charge in [0.1, 0.15) is 18.5 Å². The standard InChI is InChI=1S/C15H22N2O3S/c1-3-12(18)9-19-13-4-5-15(16-8-13)20-14-6-11(7-14)17-10(2)21/h4-5,8,10-11,14,17,21H,3,6-7,9H2,1-2H3/t10?,11-,14-. The van der Waals surface area contributed by atoms with E-state index in [2.05, 4.69) is 22.9 Å². The van der Waals surface area contributed by atoms with Crippen molar-refractivity contribution in [2.24, 2.45) is 0 Å². The maximum Gasteiger partial charge on any atom is 0.213 e. The van der Waals surface area contributed by atoms with Gasteiger partial charge in [0.05, 0.1) is 6.20 Å². The summed E-state index contributed by atoms with van der Waals surface area (Å²) in [5, 5.41) is 3.55. The molecule has 1 heterocycles. The van der Waals surface area contributed by atoms with Crippen molar-refractivity contribution in [1.82, 2.24) is 10.3 Å². The zero-order valence-corrected chi connectivity index (χ0v) is 13.3. The Labute approximate surface area is 130 Å². The fourth-order valence-corrected chi connectivity index (χ4v) is 2.31. The number of thiol groups is 1. The number of nitrogens with one attached hydrogen (secondary N) is 1. The highest BCUT2D eigenvalue weighted by molar-refractivity contribution is 7.80. The molecular formula is C15H22N2O3S. The fraction of sp³-hybridized carbons (Fsp3) is 0.600. The van der Waals surface area contributed by atoms with Crippen molar-refractivity contribution in [3.8, 4) is 11.6 Å². The van der Waals surface area contributed by atoms with Crippen LogP contribution in [-0.4, -0.2) is 34.9 Å². The molecule has 0 saturated heterocycles. The van der Waals surface area contributed by atoms with E-state index in [0.717, 1.165) is 12.8 Å². The Morgan fingerprint density at radius 3 is 2.86 bits per heavy atom. The molecule has 21 heavy (non-hydrogen) atoms. The Kier molecular flexibility index (Phi) is 5.87. The number of hydrogen-bond donors (Lipinski definition) is 2. The van der Waals surface area contributed by atoms with Gasteiger partial charge in [-0.25, -0.2) is 4.98 Å². The monoisotopic (exact) mass is 310 g/mol. The lowest BCUT2D eigenvalue weighted by Gasteiger charge is -2.36. The number of carbonyl (C=O) groups is 1. The lowest BCUT2D eigenvalue weighted by molar-refractivity contribution is -0.120. The number of Topliss-reactive ketones (excluding diaryl/α,β-unsaturated/α-hetero) is 1. The summed E-state index contributed by atoms with van der Waals surface area (Å²) < 4.78 is 11.1. The molecule has 6 heteroatoms. The van der Waals surface area contributed by atoms with E-state index in [1.807, 2.05) is 13.8 Å². The molecule has 5 nitrogen and oxygen atoms in total. The van der Waals surface area contributed by atoms with Crippen LogP contribution in [0, 0.1) is 0 Å². The zero-order valence-electron chi connectivity index (χ0n) is 12.4. The Morgan fingerprint density at radius 1 is 1.52 bits per heavy atom. The molecule has 0 bridgehead atoms. The second kappa shape index (κ2) is 7.66. The molecule has 1 aliphatic carbocycles. The molecular weight excluding hydrogens is 288 g/mol. The molecule has 1 unspecified atom stereocenters. The Bertz CT molecular complexity index is 458. The Hall–Kier alpha value is -1.27. The molecule has 116 valence electrons. The smallest absolute Gasteiger partial charge is 0.213 e. The van der Waals surface area contributed by atoms with Crippen LogP contribution in [0.2, 0.25) is 0 Å². The summed E-state index contributed by atoms with van der Waals surface area (Å²) in [4.78, 5) is 15.4. The predicted octanol–water partition coefficient (Wildman–Crippen LogP) is 2.21. The van der Waals surface area contributed by atoms with Gasteiger partial charge in [0, 0.05) is 23.9 Å². The number of carbonyl (C=O) groups excluding carboxylic acids is 1. The van der Waals surface area contributed by atoms with E-state index in [1.54, 1.807) is 18.3 Å². The highest BCUT2D eigenvalue weighted by atomic mass is 32.1. The van der Waals surface area contributed by atoms with Crippen molar-refractivity contribution in [3.63, 3.8) is 0 Å². The quantitative estimate of drug-likeness (QED) is 0.569. The minimum atomic E-state index is 0.0711. The molecule has 0 radical (unpaired) electrons. The first-order chi connectivity index (χ1) is 10.1. The third kappa shape index (κ3) is 5.21. The van der Waals surface area contributed by atoms with Crippen molar-refractivity contribution in [2.45, 2.75) is 50.6 Å². The van der Waals surface area contributed by atoms with Gasteiger partial charge in [-0.3, -0.25) is 4.79 Å². The third-order valence-corrected chi connectivity index (χ3v) is 3.51. The van der Waals surface area contributed by atoms with E-state index in [-0.39, 0.29) is 23.9 Å². The molecule has 1 aromatic rings. The number of aromatic nitrogens is 1. The highest BCUT2D eigenvalue weighted by Crippen LogP contribution is 2.26. The van der Waals surface area contributed by atoms with Crippen molar-refractivity contribution in [1.29, 1.82) is 0 Å². The molecule has 1 N–H and O–H groups in total. The summed E-state index contributed by atoms with van der Waals surface area (Å²) in [6, 6.07) is 4.02. The summed E-state index contributed by atoms with van der Waals surface area (Å²) in [7, 11) is 0. The van der Waals surface area contributed by atoms with E-state index >= 15 is 0 Å². The van der Waals surface area contributed by atoms with Gasteiger partial charge < -0.3 is 14.8 Å². The number of ketones is 1. The van der Waals surface area contributed by atoms with Gasteiger partial charge in [-0.15, -0.1) is 0 Å².